The molecule has 0 radical (unpaired) electrons. The van der Waals surface area contributed by atoms with Crippen LogP contribution in [0.5, 0.6) is 0 Å². The van der Waals surface area contributed by atoms with Crippen molar-refractivity contribution in [3.05, 3.63) is 11.4 Å². The van der Waals surface area contributed by atoms with E-state index in [1.807, 2.05) is 13.8 Å². The van der Waals surface area contributed by atoms with E-state index in [1.165, 1.54) is 0 Å². The first-order valence-electron chi connectivity index (χ1n) is 5.06. The summed E-state index contributed by atoms with van der Waals surface area (Å²) >= 11 is 0. The molecule has 2 rings (SSSR count). The molecule has 15 heavy (non-hydrogen) atoms. The fourth-order valence-electron chi connectivity index (χ4n) is 2.05. The second-order valence-corrected chi connectivity index (χ2v) is 4.40. The maximum absolute atomic E-state index is 12.6. The van der Waals surface area contributed by atoms with Crippen LogP contribution in [0.4, 0.5) is 14.5 Å². The molecule has 0 bridgehead atoms. The molecular weight excluding hydrogens is 200 g/mol. The van der Waals surface area contributed by atoms with Crippen LogP contribution in [0, 0.1) is 19.8 Å². The highest BCUT2D eigenvalue weighted by Crippen LogP contribution is 2.43. The highest BCUT2D eigenvalue weighted by Gasteiger charge is 2.45. The van der Waals surface area contributed by atoms with Crippen molar-refractivity contribution < 1.29 is 8.78 Å². The Kier molecular flexibility index (Phi) is 2.20. The summed E-state index contributed by atoms with van der Waals surface area (Å²) in [4.78, 5) is 0. The van der Waals surface area contributed by atoms with Crippen molar-refractivity contribution in [2.24, 2.45) is 5.92 Å². The monoisotopic (exact) mass is 215 g/mol. The summed E-state index contributed by atoms with van der Waals surface area (Å²) < 4.78 is 27.0. The van der Waals surface area contributed by atoms with Gasteiger partial charge in [-0.05, 0) is 19.8 Å². The van der Waals surface area contributed by atoms with Crippen LogP contribution in [-0.2, 0) is 6.54 Å². The van der Waals surface area contributed by atoms with E-state index in [2.05, 4.69) is 5.10 Å². The number of nitrogen functional groups attached to an aromatic ring is 1. The van der Waals surface area contributed by atoms with E-state index >= 15 is 0 Å². The zero-order valence-corrected chi connectivity index (χ0v) is 8.93. The molecule has 0 aliphatic heterocycles. The van der Waals surface area contributed by atoms with Crippen molar-refractivity contribution in [1.82, 2.24) is 9.78 Å². The number of halogens is 2. The smallest absolute Gasteiger partial charge is 0.248 e. The van der Waals surface area contributed by atoms with Crippen LogP contribution in [0.2, 0.25) is 0 Å². The minimum absolute atomic E-state index is 0.0226. The number of aryl methyl sites for hydroxylation is 1. The lowest BCUT2D eigenvalue weighted by molar-refractivity contribution is -0.114. The SMILES string of the molecule is Cc1nn(CC2CC(F)(F)C2)c(C)c1N. The minimum atomic E-state index is -2.45. The second kappa shape index (κ2) is 3.18. The molecule has 0 unspecified atom stereocenters. The maximum atomic E-state index is 12.6. The number of hydrogen-bond donors (Lipinski definition) is 1. The number of nitrogens with zero attached hydrogens (tertiary/aromatic N) is 2. The lowest BCUT2D eigenvalue weighted by atomic mass is 9.81. The molecule has 1 aromatic rings. The third kappa shape index (κ3) is 1.82. The Morgan fingerprint density at radius 1 is 1.47 bits per heavy atom. The number of aromatic nitrogens is 2. The van der Waals surface area contributed by atoms with E-state index in [0.29, 0.717) is 12.2 Å². The molecule has 1 heterocycles. The molecule has 0 amide bonds. The van der Waals surface area contributed by atoms with E-state index in [9.17, 15) is 8.78 Å². The topological polar surface area (TPSA) is 43.8 Å². The summed E-state index contributed by atoms with van der Waals surface area (Å²) in [5, 5.41) is 4.23. The summed E-state index contributed by atoms with van der Waals surface area (Å²) in [6.45, 7) is 4.25. The molecular formula is C10H15F2N3. The van der Waals surface area contributed by atoms with Crippen molar-refractivity contribution in [2.45, 2.75) is 39.2 Å². The minimum Gasteiger partial charge on any atom is -0.396 e. The maximum Gasteiger partial charge on any atom is 0.248 e. The van der Waals surface area contributed by atoms with Gasteiger partial charge in [0.15, 0.2) is 0 Å². The van der Waals surface area contributed by atoms with Gasteiger partial charge in [0.2, 0.25) is 5.92 Å². The molecule has 0 aromatic carbocycles. The zero-order valence-electron chi connectivity index (χ0n) is 8.93. The molecule has 5 heteroatoms. The highest BCUT2D eigenvalue weighted by atomic mass is 19.3. The Morgan fingerprint density at radius 3 is 2.47 bits per heavy atom. The fourth-order valence-corrected chi connectivity index (χ4v) is 2.05. The lowest BCUT2D eigenvalue weighted by Crippen LogP contribution is -2.38. The normalized spacial score (nSPS) is 20.3. The van der Waals surface area contributed by atoms with Crippen LogP contribution in [0.1, 0.15) is 24.2 Å². The first-order valence-corrected chi connectivity index (χ1v) is 5.06. The van der Waals surface area contributed by atoms with Gasteiger partial charge in [-0.1, -0.05) is 0 Å². The van der Waals surface area contributed by atoms with Crippen molar-refractivity contribution in [2.75, 3.05) is 5.73 Å². The Bertz CT molecular complexity index is 376. The molecule has 3 nitrogen and oxygen atoms in total. The predicted molar refractivity (Wildman–Crippen MR) is 53.8 cm³/mol. The first kappa shape index (κ1) is 10.4. The predicted octanol–water partition coefficient (Wildman–Crippen LogP) is 2.13. The molecule has 1 fully saturated rings. The van der Waals surface area contributed by atoms with Crippen molar-refractivity contribution >= 4 is 5.69 Å². The summed E-state index contributed by atoms with van der Waals surface area (Å²) in [7, 11) is 0. The molecule has 0 atom stereocenters. The van der Waals surface area contributed by atoms with Crippen LogP contribution < -0.4 is 5.73 Å². The number of anilines is 1. The molecule has 1 saturated carbocycles. The molecule has 84 valence electrons. The third-order valence-electron chi connectivity index (χ3n) is 3.04. The van der Waals surface area contributed by atoms with E-state index in [0.717, 1.165) is 11.4 Å². The Labute approximate surface area is 87.3 Å². The quantitative estimate of drug-likeness (QED) is 0.821. The van der Waals surface area contributed by atoms with Crippen LogP contribution in [0.15, 0.2) is 0 Å². The van der Waals surface area contributed by atoms with Gasteiger partial charge >= 0.3 is 0 Å². The molecule has 0 saturated heterocycles. The van der Waals surface area contributed by atoms with Gasteiger partial charge in [0.1, 0.15) is 0 Å². The molecule has 1 aromatic heterocycles. The van der Waals surface area contributed by atoms with Crippen LogP contribution in [0.25, 0.3) is 0 Å². The fraction of sp³-hybridized carbons (Fsp3) is 0.700. The van der Waals surface area contributed by atoms with Gasteiger partial charge in [-0.15, -0.1) is 0 Å². The zero-order chi connectivity index (χ0) is 11.2. The van der Waals surface area contributed by atoms with E-state index < -0.39 is 5.92 Å². The first-order chi connectivity index (χ1) is 6.89. The average Bonchev–Trinajstić information content (AvgIpc) is 2.31. The van der Waals surface area contributed by atoms with Gasteiger partial charge in [-0.25, -0.2) is 8.78 Å². The Hall–Kier alpha value is -1.13. The molecule has 2 N–H and O–H groups in total. The van der Waals surface area contributed by atoms with Crippen LogP contribution >= 0.6 is 0 Å². The largest absolute Gasteiger partial charge is 0.396 e. The van der Waals surface area contributed by atoms with Gasteiger partial charge in [0, 0.05) is 19.4 Å². The van der Waals surface area contributed by atoms with Gasteiger partial charge in [-0.2, -0.15) is 5.10 Å². The highest BCUT2D eigenvalue weighted by molar-refractivity contribution is 5.46. The number of nitrogens with two attached hydrogens (primary N) is 1. The van der Waals surface area contributed by atoms with Crippen molar-refractivity contribution in [3.63, 3.8) is 0 Å². The third-order valence-corrected chi connectivity index (χ3v) is 3.04. The van der Waals surface area contributed by atoms with Crippen molar-refractivity contribution in [3.8, 4) is 0 Å². The van der Waals surface area contributed by atoms with E-state index in [4.69, 9.17) is 5.73 Å². The van der Waals surface area contributed by atoms with Gasteiger partial charge in [0.25, 0.3) is 0 Å². The van der Waals surface area contributed by atoms with E-state index in [-0.39, 0.29) is 18.8 Å². The number of rotatable bonds is 2. The molecule has 1 aliphatic rings. The van der Waals surface area contributed by atoms with Gasteiger partial charge < -0.3 is 5.73 Å². The summed E-state index contributed by atoms with van der Waals surface area (Å²) in [6, 6.07) is 0. The lowest BCUT2D eigenvalue weighted by Gasteiger charge is -2.34. The Morgan fingerprint density at radius 2 is 2.07 bits per heavy atom. The molecule has 1 aliphatic carbocycles. The standard InChI is InChI=1S/C10H15F2N3/c1-6-9(13)7(2)15(14-6)5-8-3-10(11,12)4-8/h8H,3-5,13H2,1-2H3. The van der Waals surface area contributed by atoms with Gasteiger partial charge in [0.05, 0.1) is 17.1 Å². The van der Waals surface area contributed by atoms with Gasteiger partial charge in [-0.3, -0.25) is 4.68 Å². The second-order valence-electron chi connectivity index (χ2n) is 4.40. The van der Waals surface area contributed by atoms with E-state index in [1.54, 1.807) is 4.68 Å². The average molecular weight is 215 g/mol. The summed E-state index contributed by atoms with van der Waals surface area (Å²) in [5.41, 5.74) is 8.08. The number of alkyl halides is 2. The van der Waals surface area contributed by atoms with Crippen LogP contribution in [-0.4, -0.2) is 15.7 Å². The Balaban J connectivity index is 2.03. The van der Waals surface area contributed by atoms with Crippen LogP contribution in [0.3, 0.4) is 0 Å². The number of hydrogen-bond acceptors (Lipinski definition) is 2. The summed E-state index contributed by atoms with van der Waals surface area (Å²) in [5.74, 6) is -2.41. The molecule has 0 spiro atoms. The van der Waals surface area contributed by atoms with Crippen molar-refractivity contribution in [1.29, 1.82) is 0 Å². The summed E-state index contributed by atoms with van der Waals surface area (Å²) in [6.07, 6.45) is -0.0451.